The minimum absolute atomic E-state index is 0.00583. The maximum absolute atomic E-state index is 13.2. The Morgan fingerprint density at radius 1 is 0.882 bits per heavy atom. The van der Waals surface area contributed by atoms with Gasteiger partial charge in [-0.25, -0.2) is 9.67 Å². The fraction of sp³-hybridized carbons (Fsp3) is 0.231. The van der Waals surface area contributed by atoms with Crippen LogP contribution in [0.2, 0.25) is 0 Å². The number of piperazine rings is 1. The standard InChI is InChI=1S/C26H26N6O2/c1-19-23(18-27-32(19)21-9-5-3-6-10-21)26(33)31-15-13-30(14-16-31)24-17-25(29-20(2)28-24)34-22-11-7-4-8-12-22/h3-12,17-18H,13-16H2,1-2H3. The van der Waals surface area contributed by atoms with Gasteiger partial charge >= 0.3 is 0 Å². The van der Waals surface area contributed by atoms with Crippen molar-refractivity contribution in [3.8, 4) is 17.3 Å². The van der Waals surface area contributed by atoms with E-state index in [1.54, 1.807) is 10.9 Å². The second kappa shape index (κ2) is 9.35. The molecule has 0 aliphatic carbocycles. The molecule has 0 bridgehead atoms. The number of rotatable bonds is 5. The number of hydrogen-bond acceptors (Lipinski definition) is 6. The number of hydrogen-bond donors (Lipinski definition) is 0. The van der Waals surface area contributed by atoms with E-state index in [0.717, 1.165) is 22.9 Å². The van der Waals surface area contributed by atoms with E-state index in [2.05, 4.69) is 20.0 Å². The monoisotopic (exact) mass is 454 g/mol. The van der Waals surface area contributed by atoms with Gasteiger partial charge in [0, 0.05) is 32.2 Å². The molecular formula is C26H26N6O2. The van der Waals surface area contributed by atoms with Gasteiger partial charge in [-0.1, -0.05) is 36.4 Å². The number of carbonyl (C=O) groups is 1. The molecule has 172 valence electrons. The van der Waals surface area contributed by atoms with Gasteiger partial charge in [-0.05, 0) is 38.1 Å². The van der Waals surface area contributed by atoms with E-state index in [4.69, 9.17) is 4.74 Å². The lowest BCUT2D eigenvalue weighted by atomic mass is 10.2. The third kappa shape index (κ3) is 4.47. The number of aromatic nitrogens is 4. The zero-order valence-corrected chi connectivity index (χ0v) is 19.3. The fourth-order valence-corrected chi connectivity index (χ4v) is 4.11. The molecule has 1 aliphatic rings. The smallest absolute Gasteiger partial charge is 0.257 e. The lowest BCUT2D eigenvalue weighted by Crippen LogP contribution is -2.49. The highest BCUT2D eigenvalue weighted by molar-refractivity contribution is 5.95. The van der Waals surface area contributed by atoms with E-state index in [9.17, 15) is 4.79 Å². The highest BCUT2D eigenvalue weighted by Crippen LogP contribution is 2.24. The summed E-state index contributed by atoms with van der Waals surface area (Å²) in [6.07, 6.45) is 1.66. The van der Waals surface area contributed by atoms with Crippen molar-refractivity contribution in [2.75, 3.05) is 31.1 Å². The van der Waals surface area contributed by atoms with Crippen LogP contribution in [0.15, 0.2) is 72.9 Å². The minimum atomic E-state index is 0.00583. The van der Waals surface area contributed by atoms with Crippen molar-refractivity contribution in [2.45, 2.75) is 13.8 Å². The van der Waals surface area contributed by atoms with E-state index in [-0.39, 0.29) is 5.91 Å². The molecule has 1 aliphatic heterocycles. The first-order chi connectivity index (χ1) is 16.6. The van der Waals surface area contributed by atoms with Gasteiger partial charge in [0.25, 0.3) is 5.91 Å². The van der Waals surface area contributed by atoms with Gasteiger partial charge in [-0.2, -0.15) is 10.1 Å². The summed E-state index contributed by atoms with van der Waals surface area (Å²) < 4.78 is 7.72. The van der Waals surface area contributed by atoms with Crippen LogP contribution >= 0.6 is 0 Å². The molecule has 5 rings (SSSR count). The Morgan fingerprint density at radius 3 is 2.26 bits per heavy atom. The quantitative estimate of drug-likeness (QED) is 0.453. The van der Waals surface area contributed by atoms with Crippen LogP contribution in [0.1, 0.15) is 21.9 Å². The zero-order valence-electron chi connectivity index (χ0n) is 19.3. The van der Waals surface area contributed by atoms with Crippen molar-refractivity contribution in [2.24, 2.45) is 0 Å². The second-order valence-corrected chi connectivity index (χ2v) is 8.20. The number of anilines is 1. The Hall–Kier alpha value is -4.20. The van der Waals surface area contributed by atoms with Crippen molar-refractivity contribution in [1.82, 2.24) is 24.6 Å². The zero-order chi connectivity index (χ0) is 23.5. The lowest BCUT2D eigenvalue weighted by molar-refractivity contribution is 0.0745. The van der Waals surface area contributed by atoms with Gasteiger partial charge in [0.1, 0.15) is 17.4 Å². The lowest BCUT2D eigenvalue weighted by Gasteiger charge is -2.35. The van der Waals surface area contributed by atoms with Crippen LogP contribution in [0.3, 0.4) is 0 Å². The van der Waals surface area contributed by atoms with Gasteiger partial charge in [0.05, 0.1) is 23.1 Å². The highest BCUT2D eigenvalue weighted by atomic mass is 16.5. The Morgan fingerprint density at radius 2 is 1.56 bits per heavy atom. The second-order valence-electron chi connectivity index (χ2n) is 8.20. The summed E-state index contributed by atoms with van der Waals surface area (Å²) in [4.78, 5) is 26.3. The number of carbonyl (C=O) groups excluding carboxylic acids is 1. The summed E-state index contributed by atoms with van der Waals surface area (Å²) >= 11 is 0. The number of para-hydroxylation sites is 2. The normalized spacial score (nSPS) is 13.7. The van der Waals surface area contributed by atoms with Gasteiger partial charge in [0.2, 0.25) is 5.88 Å². The van der Waals surface area contributed by atoms with Crippen LogP contribution in [0, 0.1) is 13.8 Å². The van der Waals surface area contributed by atoms with Crippen molar-refractivity contribution in [3.63, 3.8) is 0 Å². The summed E-state index contributed by atoms with van der Waals surface area (Å²) in [6.45, 7) is 6.35. The van der Waals surface area contributed by atoms with Crippen molar-refractivity contribution in [1.29, 1.82) is 0 Å². The average molecular weight is 455 g/mol. The largest absolute Gasteiger partial charge is 0.439 e. The van der Waals surface area contributed by atoms with Crippen LogP contribution in [0.4, 0.5) is 5.82 Å². The summed E-state index contributed by atoms with van der Waals surface area (Å²) in [5.74, 6) is 2.69. The molecule has 34 heavy (non-hydrogen) atoms. The molecular weight excluding hydrogens is 428 g/mol. The van der Waals surface area contributed by atoms with E-state index in [0.29, 0.717) is 43.4 Å². The topological polar surface area (TPSA) is 76.4 Å². The highest BCUT2D eigenvalue weighted by Gasteiger charge is 2.26. The predicted octanol–water partition coefficient (Wildman–Crippen LogP) is 4.03. The van der Waals surface area contributed by atoms with Crippen LogP contribution in [0.5, 0.6) is 11.6 Å². The molecule has 0 saturated carbocycles. The average Bonchev–Trinajstić information content (AvgIpc) is 3.25. The third-order valence-corrected chi connectivity index (χ3v) is 5.90. The fourth-order valence-electron chi connectivity index (χ4n) is 4.11. The van der Waals surface area contributed by atoms with Gasteiger partial charge < -0.3 is 14.5 Å². The summed E-state index contributed by atoms with van der Waals surface area (Å²) in [6, 6.07) is 21.3. The van der Waals surface area contributed by atoms with Crippen LogP contribution in [0.25, 0.3) is 5.69 Å². The minimum Gasteiger partial charge on any atom is -0.439 e. The molecule has 1 saturated heterocycles. The molecule has 4 aromatic rings. The maximum Gasteiger partial charge on any atom is 0.257 e. The SMILES string of the molecule is Cc1nc(Oc2ccccc2)cc(N2CCN(C(=O)c3cnn(-c4ccccc4)c3C)CC2)n1. The van der Waals surface area contributed by atoms with Gasteiger partial charge in [-0.3, -0.25) is 4.79 Å². The van der Waals surface area contributed by atoms with Crippen LogP contribution < -0.4 is 9.64 Å². The Labute approximate surface area is 198 Å². The molecule has 1 fully saturated rings. The summed E-state index contributed by atoms with van der Waals surface area (Å²) in [5, 5.41) is 4.45. The Bertz CT molecular complexity index is 1280. The first-order valence-corrected chi connectivity index (χ1v) is 11.3. The molecule has 0 atom stereocenters. The van der Waals surface area contributed by atoms with Gasteiger partial charge in [-0.15, -0.1) is 0 Å². The first kappa shape index (κ1) is 21.6. The number of benzene rings is 2. The molecule has 3 heterocycles. The Kier molecular flexibility index (Phi) is 5.95. The van der Waals surface area contributed by atoms with E-state index < -0.39 is 0 Å². The van der Waals surface area contributed by atoms with Gasteiger partial charge in [0.15, 0.2) is 0 Å². The third-order valence-electron chi connectivity index (χ3n) is 5.90. The van der Waals surface area contributed by atoms with Crippen molar-refractivity contribution in [3.05, 3.63) is 90.0 Å². The molecule has 8 nitrogen and oxygen atoms in total. The number of amides is 1. The molecule has 0 radical (unpaired) electrons. The predicted molar refractivity (Wildman–Crippen MR) is 130 cm³/mol. The van der Waals surface area contributed by atoms with Crippen molar-refractivity contribution < 1.29 is 9.53 Å². The number of aryl methyl sites for hydroxylation is 1. The summed E-state index contributed by atoms with van der Waals surface area (Å²) in [7, 11) is 0. The van der Waals surface area contributed by atoms with Crippen molar-refractivity contribution >= 4 is 11.7 Å². The molecule has 2 aromatic carbocycles. The van der Waals surface area contributed by atoms with E-state index in [1.807, 2.05) is 85.5 Å². The van der Waals surface area contributed by atoms with Crippen LogP contribution in [-0.2, 0) is 0 Å². The van der Waals surface area contributed by atoms with Crippen LogP contribution in [-0.4, -0.2) is 56.7 Å². The Balaban J connectivity index is 1.26. The maximum atomic E-state index is 13.2. The number of nitrogens with zero attached hydrogens (tertiary/aromatic N) is 6. The van der Waals surface area contributed by atoms with E-state index in [1.165, 1.54) is 0 Å². The first-order valence-electron chi connectivity index (χ1n) is 11.3. The molecule has 0 N–H and O–H groups in total. The molecule has 2 aromatic heterocycles. The van der Waals surface area contributed by atoms with E-state index >= 15 is 0 Å². The molecule has 1 amide bonds. The molecule has 0 unspecified atom stereocenters. The number of ether oxygens (including phenoxy) is 1. The summed E-state index contributed by atoms with van der Waals surface area (Å²) in [5.41, 5.74) is 2.41. The molecule has 8 heteroatoms. The molecule has 0 spiro atoms.